The summed E-state index contributed by atoms with van der Waals surface area (Å²) in [4.78, 5) is 4.71. The molecule has 0 aliphatic carbocycles. The first kappa shape index (κ1) is 12.2. The molecule has 19 heavy (non-hydrogen) atoms. The van der Waals surface area contributed by atoms with E-state index in [4.69, 9.17) is 10.7 Å². The summed E-state index contributed by atoms with van der Waals surface area (Å²) in [6.07, 6.45) is 0. The number of anilines is 1. The molecule has 3 nitrogen and oxygen atoms in total. The van der Waals surface area contributed by atoms with Crippen molar-refractivity contribution in [2.24, 2.45) is 0 Å². The zero-order valence-corrected chi connectivity index (χ0v) is 12.2. The molecule has 0 saturated carbocycles. The Kier molecular flexibility index (Phi) is 3.03. The molecule has 0 aliphatic rings. The lowest BCUT2D eigenvalue weighted by molar-refractivity contribution is 0.796. The third-order valence-electron chi connectivity index (χ3n) is 3.23. The van der Waals surface area contributed by atoms with Crippen molar-refractivity contribution >= 4 is 32.7 Å². The third kappa shape index (κ3) is 2.02. The average molecular weight is 316 g/mol. The van der Waals surface area contributed by atoms with E-state index in [-0.39, 0.29) is 0 Å². The van der Waals surface area contributed by atoms with E-state index in [0.717, 1.165) is 39.1 Å². The van der Waals surface area contributed by atoms with Crippen LogP contribution in [0.25, 0.3) is 22.4 Å². The van der Waals surface area contributed by atoms with E-state index >= 15 is 0 Å². The van der Waals surface area contributed by atoms with Gasteiger partial charge in [0.15, 0.2) is 0 Å². The smallest absolute Gasteiger partial charge is 0.143 e. The Morgan fingerprint density at radius 2 is 2.00 bits per heavy atom. The number of hydrogen-bond acceptors (Lipinski definition) is 2. The molecule has 0 aliphatic heterocycles. The van der Waals surface area contributed by atoms with E-state index < -0.39 is 0 Å². The zero-order valence-electron chi connectivity index (χ0n) is 10.6. The molecule has 96 valence electrons. The predicted molar refractivity (Wildman–Crippen MR) is 83.0 cm³/mol. The van der Waals surface area contributed by atoms with Gasteiger partial charge in [0.2, 0.25) is 0 Å². The maximum Gasteiger partial charge on any atom is 0.143 e. The normalized spacial score (nSPS) is 11.1. The highest BCUT2D eigenvalue weighted by atomic mass is 79.9. The molecule has 1 heterocycles. The number of nitrogen functional groups attached to an aromatic ring is 1. The van der Waals surface area contributed by atoms with Crippen molar-refractivity contribution in [2.75, 3.05) is 5.73 Å². The minimum atomic E-state index is 0.736. The summed E-state index contributed by atoms with van der Waals surface area (Å²) in [6, 6.07) is 14.1. The minimum absolute atomic E-state index is 0.736. The fourth-order valence-electron chi connectivity index (χ4n) is 2.34. The first-order valence-corrected chi connectivity index (χ1v) is 7.00. The Hall–Kier alpha value is -1.81. The zero-order chi connectivity index (χ0) is 13.4. The van der Waals surface area contributed by atoms with E-state index in [1.807, 2.05) is 36.4 Å². The molecule has 3 aromatic rings. The number of hydrogen-bond donors (Lipinski definition) is 1. The van der Waals surface area contributed by atoms with Gasteiger partial charge in [0.1, 0.15) is 5.82 Å². The van der Waals surface area contributed by atoms with Crippen LogP contribution in [0.2, 0.25) is 0 Å². The summed E-state index contributed by atoms with van der Waals surface area (Å²) in [5.41, 5.74) is 9.97. The standard InChI is InChI=1S/C15H14BrN3/c1-2-19-14-6-4-3-5-13(14)18-15(19)11-8-7-10(16)9-12(11)17/h3-9H,2,17H2,1H3. The Morgan fingerprint density at radius 1 is 1.21 bits per heavy atom. The Balaban J connectivity index is 2.30. The van der Waals surface area contributed by atoms with Gasteiger partial charge in [-0.3, -0.25) is 0 Å². The van der Waals surface area contributed by atoms with Gasteiger partial charge in [-0.1, -0.05) is 28.1 Å². The van der Waals surface area contributed by atoms with Crippen molar-refractivity contribution < 1.29 is 0 Å². The van der Waals surface area contributed by atoms with Gasteiger partial charge in [-0.15, -0.1) is 0 Å². The molecule has 0 saturated heterocycles. The minimum Gasteiger partial charge on any atom is -0.398 e. The van der Waals surface area contributed by atoms with Crippen molar-refractivity contribution in [3.63, 3.8) is 0 Å². The first-order valence-electron chi connectivity index (χ1n) is 6.21. The fourth-order valence-corrected chi connectivity index (χ4v) is 2.72. The lowest BCUT2D eigenvalue weighted by Gasteiger charge is -2.08. The average Bonchev–Trinajstić information content (AvgIpc) is 2.76. The molecule has 1 aromatic heterocycles. The summed E-state index contributed by atoms with van der Waals surface area (Å²) in [5.74, 6) is 0.925. The highest BCUT2D eigenvalue weighted by Gasteiger charge is 2.13. The van der Waals surface area contributed by atoms with Crippen LogP contribution < -0.4 is 5.73 Å². The number of benzene rings is 2. The number of aromatic nitrogens is 2. The molecule has 0 spiro atoms. The van der Waals surface area contributed by atoms with Gasteiger partial charge in [-0.25, -0.2) is 4.98 Å². The molecule has 3 rings (SSSR count). The molecule has 0 amide bonds. The highest BCUT2D eigenvalue weighted by molar-refractivity contribution is 9.10. The van der Waals surface area contributed by atoms with E-state index in [9.17, 15) is 0 Å². The Bertz CT molecular complexity index is 746. The van der Waals surface area contributed by atoms with E-state index in [1.165, 1.54) is 0 Å². The lowest BCUT2D eigenvalue weighted by Crippen LogP contribution is -2.00. The van der Waals surface area contributed by atoms with Crippen LogP contribution in [-0.2, 0) is 6.54 Å². The third-order valence-corrected chi connectivity index (χ3v) is 3.72. The number of nitrogens with two attached hydrogens (primary N) is 1. The van der Waals surface area contributed by atoms with Gasteiger partial charge < -0.3 is 10.3 Å². The van der Waals surface area contributed by atoms with Crippen molar-refractivity contribution in [1.29, 1.82) is 0 Å². The molecule has 0 bridgehead atoms. The van der Waals surface area contributed by atoms with Crippen LogP contribution in [0.5, 0.6) is 0 Å². The summed E-state index contributed by atoms with van der Waals surface area (Å²) < 4.78 is 3.17. The number of imidazole rings is 1. The first-order chi connectivity index (χ1) is 9.20. The van der Waals surface area contributed by atoms with Crippen LogP contribution in [0.3, 0.4) is 0 Å². The molecule has 0 unspecified atom stereocenters. The van der Waals surface area contributed by atoms with Crippen LogP contribution in [0.1, 0.15) is 6.92 Å². The maximum atomic E-state index is 6.12. The number of aryl methyl sites for hydroxylation is 1. The SMILES string of the molecule is CCn1c(-c2ccc(Br)cc2N)nc2ccccc21. The molecule has 0 fully saturated rings. The number of para-hydroxylation sites is 2. The second-order valence-electron chi connectivity index (χ2n) is 4.40. The molecular formula is C15H14BrN3. The number of nitrogens with zero attached hydrogens (tertiary/aromatic N) is 2. The van der Waals surface area contributed by atoms with Crippen molar-refractivity contribution in [2.45, 2.75) is 13.5 Å². The largest absolute Gasteiger partial charge is 0.398 e. The lowest BCUT2D eigenvalue weighted by atomic mass is 10.1. The van der Waals surface area contributed by atoms with Crippen LogP contribution in [0, 0.1) is 0 Å². The van der Waals surface area contributed by atoms with E-state index in [1.54, 1.807) is 0 Å². The molecule has 2 aromatic carbocycles. The second kappa shape index (κ2) is 4.70. The van der Waals surface area contributed by atoms with Crippen LogP contribution in [-0.4, -0.2) is 9.55 Å². The summed E-state index contributed by atoms with van der Waals surface area (Å²) in [6.45, 7) is 2.98. The van der Waals surface area contributed by atoms with Gasteiger partial charge in [-0.05, 0) is 37.3 Å². The van der Waals surface area contributed by atoms with Crippen molar-refractivity contribution in [1.82, 2.24) is 9.55 Å². The molecule has 2 N–H and O–H groups in total. The Morgan fingerprint density at radius 3 is 2.74 bits per heavy atom. The van der Waals surface area contributed by atoms with Gasteiger partial charge >= 0.3 is 0 Å². The van der Waals surface area contributed by atoms with Gasteiger partial charge in [0, 0.05) is 22.3 Å². The second-order valence-corrected chi connectivity index (χ2v) is 5.32. The molecule has 0 radical (unpaired) electrons. The van der Waals surface area contributed by atoms with Gasteiger partial charge in [0.25, 0.3) is 0 Å². The molecular weight excluding hydrogens is 302 g/mol. The topological polar surface area (TPSA) is 43.8 Å². The quantitative estimate of drug-likeness (QED) is 0.724. The number of halogens is 1. The summed E-state index contributed by atoms with van der Waals surface area (Å²) in [5, 5.41) is 0. The number of rotatable bonds is 2. The predicted octanol–water partition coefficient (Wildman–Crippen LogP) is 4.07. The van der Waals surface area contributed by atoms with E-state index in [2.05, 4.69) is 33.5 Å². The van der Waals surface area contributed by atoms with E-state index in [0.29, 0.717) is 0 Å². The fraction of sp³-hybridized carbons (Fsp3) is 0.133. The van der Waals surface area contributed by atoms with Gasteiger partial charge in [-0.2, -0.15) is 0 Å². The summed E-state index contributed by atoms with van der Waals surface area (Å²) in [7, 11) is 0. The highest BCUT2D eigenvalue weighted by Crippen LogP contribution is 2.30. The molecule has 0 atom stereocenters. The van der Waals surface area contributed by atoms with Crippen molar-refractivity contribution in [3.8, 4) is 11.4 Å². The van der Waals surface area contributed by atoms with Crippen molar-refractivity contribution in [3.05, 3.63) is 46.9 Å². The number of fused-ring (bicyclic) bond motifs is 1. The van der Waals surface area contributed by atoms with Crippen LogP contribution in [0.15, 0.2) is 46.9 Å². The summed E-state index contributed by atoms with van der Waals surface area (Å²) >= 11 is 3.43. The Labute approximate surface area is 120 Å². The maximum absolute atomic E-state index is 6.12. The van der Waals surface area contributed by atoms with Crippen LogP contribution >= 0.6 is 15.9 Å². The van der Waals surface area contributed by atoms with Crippen LogP contribution in [0.4, 0.5) is 5.69 Å². The monoisotopic (exact) mass is 315 g/mol. The van der Waals surface area contributed by atoms with Gasteiger partial charge in [0.05, 0.1) is 11.0 Å². The molecule has 4 heteroatoms.